The number of fused-ring (bicyclic) bond motifs is 2. The summed E-state index contributed by atoms with van der Waals surface area (Å²) in [4.78, 5) is 49.5. The van der Waals surface area contributed by atoms with Crippen molar-refractivity contribution in [1.29, 1.82) is 0 Å². The van der Waals surface area contributed by atoms with E-state index in [1.807, 2.05) is 21.9 Å². The van der Waals surface area contributed by atoms with Crippen LogP contribution in [0.5, 0.6) is 5.75 Å². The summed E-state index contributed by atoms with van der Waals surface area (Å²) in [7, 11) is 0. The van der Waals surface area contributed by atoms with Crippen LogP contribution >= 0.6 is 22.9 Å². The number of carbonyl (C=O) groups excluding carboxylic acids is 4. The number of hydrogen-bond acceptors (Lipinski definition) is 7. The Morgan fingerprint density at radius 1 is 1.26 bits per heavy atom. The molecule has 1 atom stereocenters. The largest absolute Gasteiger partial charge is 0.494 e. The van der Waals surface area contributed by atoms with Gasteiger partial charge >= 0.3 is 6.15 Å². The van der Waals surface area contributed by atoms with E-state index < -0.39 is 0 Å². The fraction of sp³-hybridized carbons (Fsp3) is 0.500. The minimum absolute atomic E-state index is 0.00188. The van der Waals surface area contributed by atoms with Crippen molar-refractivity contribution in [2.75, 3.05) is 31.1 Å². The highest BCUT2D eigenvalue weighted by molar-refractivity contribution is 7.15. The van der Waals surface area contributed by atoms with Crippen LogP contribution in [0.25, 0.3) is 0 Å². The second-order valence-electron chi connectivity index (χ2n) is 8.50. The maximum atomic E-state index is 13.2. The van der Waals surface area contributed by atoms with Gasteiger partial charge in [-0.1, -0.05) is 31.4 Å². The van der Waals surface area contributed by atoms with E-state index in [4.69, 9.17) is 25.9 Å². The van der Waals surface area contributed by atoms with Crippen molar-refractivity contribution < 1.29 is 23.9 Å². The van der Waals surface area contributed by atoms with Crippen LogP contribution in [0.3, 0.4) is 0 Å². The first-order chi connectivity index (χ1) is 16.3. The first kappa shape index (κ1) is 25.9. The minimum atomic E-state index is -0.250. The number of carbonyl (C=O) groups is 2. The summed E-state index contributed by atoms with van der Waals surface area (Å²) in [6.07, 6.45) is 6.21. The highest BCUT2D eigenvalue weighted by Crippen LogP contribution is 2.48. The number of rotatable bonds is 7. The van der Waals surface area contributed by atoms with Gasteiger partial charge in [0.1, 0.15) is 15.1 Å². The zero-order chi connectivity index (χ0) is 24.7. The quantitative estimate of drug-likeness (QED) is 0.530. The molecule has 0 bridgehead atoms. The number of anilines is 1. The molecule has 182 valence electrons. The third-order valence-corrected chi connectivity index (χ3v) is 7.35. The minimum Gasteiger partial charge on any atom is -0.494 e. The van der Waals surface area contributed by atoms with Crippen molar-refractivity contribution in [1.82, 2.24) is 9.88 Å². The van der Waals surface area contributed by atoms with Gasteiger partial charge in [0, 0.05) is 37.7 Å². The van der Waals surface area contributed by atoms with Crippen LogP contribution in [0.1, 0.15) is 50.1 Å². The summed E-state index contributed by atoms with van der Waals surface area (Å²) in [5.74, 6) is 0.908. The second-order valence-corrected chi connectivity index (χ2v) is 10.3. The maximum absolute atomic E-state index is 13.2. The number of hydrogen-bond donors (Lipinski definition) is 0. The molecule has 0 radical (unpaired) electrons. The van der Waals surface area contributed by atoms with Crippen molar-refractivity contribution in [3.05, 3.63) is 39.3 Å². The maximum Gasteiger partial charge on any atom is 0.373 e. The number of benzene rings is 1. The van der Waals surface area contributed by atoms with E-state index >= 15 is 0 Å². The Morgan fingerprint density at radius 3 is 2.65 bits per heavy atom. The van der Waals surface area contributed by atoms with E-state index in [0.717, 1.165) is 42.7 Å². The standard InChI is InChI=1S/C23H28ClN3O3S.CO2/c1-3-4-5-10-30-17-6-7-19-18(11-17)23(8-9-26(14-23)16(2)28)15-27(19)22(29)12-21-25-13-20(24)31-21;2-1-3/h6-7,11,13H,3-5,8-10,12,14-15H2,1-2H3;. The Labute approximate surface area is 207 Å². The molecule has 0 N–H and O–H groups in total. The molecule has 1 saturated heterocycles. The zero-order valence-corrected chi connectivity index (χ0v) is 20.9. The van der Waals surface area contributed by atoms with Gasteiger partial charge in [-0.2, -0.15) is 9.59 Å². The smallest absolute Gasteiger partial charge is 0.373 e. The molecular weight excluding hydrogens is 478 g/mol. The summed E-state index contributed by atoms with van der Waals surface area (Å²) in [5.41, 5.74) is 1.77. The lowest BCUT2D eigenvalue weighted by molar-refractivity contribution is -0.191. The van der Waals surface area contributed by atoms with Crippen LogP contribution in [0.15, 0.2) is 24.4 Å². The monoisotopic (exact) mass is 505 g/mol. The number of amides is 2. The normalized spacial score (nSPS) is 18.3. The predicted octanol–water partition coefficient (Wildman–Crippen LogP) is 3.86. The number of nitrogens with zero attached hydrogens (tertiary/aromatic N) is 3. The van der Waals surface area contributed by atoms with Crippen LogP contribution < -0.4 is 9.64 Å². The molecule has 10 heteroatoms. The van der Waals surface area contributed by atoms with E-state index in [1.165, 1.54) is 11.3 Å². The number of likely N-dealkylation sites (tertiary alicyclic amines) is 1. The molecule has 1 spiro atoms. The lowest BCUT2D eigenvalue weighted by atomic mass is 9.81. The van der Waals surface area contributed by atoms with Gasteiger partial charge in [-0.25, -0.2) is 4.98 Å². The molecule has 3 heterocycles. The highest BCUT2D eigenvalue weighted by Gasteiger charge is 2.49. The van der Waals surface area contributed by atoms with Crippen molar-refractivity contribution in [2.45, 2.75) is 51.4 Å². The Kier molecular flexibility index (Phi) is 8.83. The lowest BCUT2D eigenvalue weighted by Crippen LogP contribution is -2.40. The molecule has 2 aliphatic rings. The van der Waals surface area contributed by atoms with Gasteiger partial charge in [-0.3, -0.25) is 9.59 Å². The molecule has 1 fully saturated rings. The molecule has 0 aliphatic carbocycles. The Bertz CT molecular complexity index is 1070. The molecule has 1 unspecified atom stereocenters. The molecule has 4 rings (SSSR count). The summed E-state index contributed by atoms with van der Waals surface area (Å²) in [6.45, 7) is 6.38. The lowest BCUT2D eigenvalue weighted by Gasteiger charge is -2.25. The van der Waals surface area contributed by atoms with Crippen LogP contribution in [-0.2, 0) is 31.0 Å². The average molecular weight is 506 g/mol. The second kappa shape index (κ2) is 11.6. The summed E-state index contributed by atoms with van der Waals surface area (Å²) in [6, 6.07) is 6.02. The fourth-order valence-corrected chi connectivity index (χ4v) is 5.53. The van der Waals surface area contributed by atoms with E-state index in [9.17, 15) is 9.59 Å². The van der Waals surface area contributed by atoms with Gasteiger partial charge in [0.15, 0.2) is 0 Å². The molecule has 1 aromatic carbocycles. The molecule has 8 nitrogen and oxygen atoms in total. The molecule has 34 heavy (non-hydrogen) atoms. The summed E-state index contributed by atoms with van der Waals surface area (Å²) in [5, 5.41) is 0.713. The molecule has 2 aromatic rings. The van der Waals surface area contributed by atoms with E-state index in [-0.39, 0.29) is 29.8 Å². The number of unbranched alkanes of at least 4 members (excludes halogenated alkanes) is 2. The Morgan fingerprint density at radius 2 is 2.03 bits per heavy atom. The number of ether oxygens (including phenoxy) is 1. The van der Waals surface area contributed by atoms with Gasteiger partial charge in [-0.15, -0.1) is 11.3 Å². The van der Waals surface area contributed by atoms with Crippen LogP contribution in [0.4, 0.5) is 5.69 Å². The molecule has 2 amide bonds. The van der Waals surface area contributed by atoms with Crippen molar-refractivity contribution in [3.63, 3.8) is 0 Å². The third-order valence-electron chi connectivity index (χ3n) is 6.24. The van der Waals surface area contributed by atoms with Crippen molar-refractivity contribution in [2.24, 2.45) is 0 Å². The van der Waals surface area contributed by atoms with Gasteiger partial charge < -0.3 is 14.5 Å². The Hall–Kier alpha value is -2.74. The topological polar surface area (TPSA) is 96.9 Å². The van der Waals surface area contributed by atoms with Gasteiger partial charge in [0.2, 0.25) is 11.8 Å². The average Bonchev–Trinajstić information content (AvgIpc) is 3.50. The number of halogens is 1. The molecule has 1 aromatic heterocycles. The molecule has 2 aliphatic heterocycles. The van der Waals surface area contributed by atoms with Crippen LogP contribution in [0, 0.1) is 0 Å². The first-order valence-corrected chi connectivity index (χ1v) is 12.5. The molecular formula is C24H28ClN3O5S. The summed E-state index contributed by atoms with van der Waals surface area (Å²) < 4.78 is 6.58. The fourth-order valence-electron chi connectivity index (χ4n) is 4.59. The number of thiazole rings is 1. The van der Waals surface area contributed by atoms with E-state index in [1.54, 1.807) is 13.1 Å². The summed E-state index contributed by atoms with van der Waals surface area (Å²) >= 11 is 7.32. The van der Waals surface area contributed by atoms with Gasteiger partial charge in [0.25, 0.3) is 0 Å². The van der Waals surface area contributed by atoms with Crippen LogP contribution in [0.2, 0.25) is 4.34 Å². The highest BCUT2D eigenvalue weighted by atomic mass is 35.5. The van der Waals surface area contributed by atoms with E-state index in [0.29, 0.717) is 35.6 Å². The first-order valence-electron chi connectivity index (χ1n) is 11.3. The Balaban J connectivity index is 0.00000103. The SMILES string of the molecule is CCCCCOc1ccc2c(c1)C1(CCN(C(C)=O)C1)CN2C(=O)Cc1ncc(Cl)s1.O=C=O. The zero-order valence-electron chi connectivity index (χ0n) is 19.3. The van der Waals surface area contributed by atoms with Crippen molar-refractivity contribution >= 4 is 46.6 Å². The van der Waals surface area contributed by atoms with E-state index in [2.05, 4.69) is 18.0 Å². The number of aromatic nitrogens is 1. The van der Waals surface area contributed by atoms with Gasteiger partial charge in [0.05, 0.1) is 19.2 Å². The van der Waals surface area contributed by atoms with Gasteiger partial charge in [-0.05, 0) is 36.6 Å². The third kappa shape index (κ3) is 5.84. The van der Waals surface area contributed by atoms with Crippen LogP contribution in [-0.4, -0.2) is 54.1 Å². The van der Waals surface area contributed by atoms with Crippen molar-refractivity contribution in [3.8, 4) is 5.75 Å². The predicted molar refractivity (Wildman–Crippen MR) is 128 cm³/mol. The molecule has 0 saturated carbocycles.